The average molecular weight is 393 g/mol. The molecule has 0 bridgehead atoms. The summed E-state index contributed by atoms with van der Waals surface area (Å²) in [6.07, 6.45) is -0.388. The highest BCUT2D eigenvalue weighted by atomic mass is 32.1. The Kier molecular flexibility index (Phi) is 5.21. The monoisotopic (exact) mass is 393 g/mol. The quantitative estimate of drug-likeness (QED) is 0.608. The van der Waals surface area contributed by atoms with E-state index in [2.05, 4.69) is 0 Å². The predicted octanol–water partition coefficient (Wildman–Crippen LogP) is 4.19. The predicted molar refractivity (Wildman–Crippen MR) is 107 cm³/mol. The van der Waals surface area contributed by atoms with E-state index in [1.54, 1.807) is 11.3 Å². The van der Waals surface area contributed by atoms with Crippen molar-refractivity contribution in [2.75, 3.05) is 6.61 Å². The second kappa shape index (κ2) is 7.94. The van der Waals surface area contributed by atoms with Crippen LogP contribution in [0.3, 0.4) is 0 Å². The lowest BCUT2D eigenvalue weighted by molar-refractivity contribution is -0.159. The van der Waals surface area contributed by atoms with E-state index in [4.69, 9.17) is 14.5 Å². The Balaban J connectivity index is 1.64. The first-order valence-electron chi connectivity index (χ1n) is 9.08. The Morgan fingerprint density at radius 3 is 2.57 bits per heavy atom. The first kappa shape index (κ1) is 18.4. The number of benzene rings is 2. The van der Waals surface area contributed by atoms with Gasteiger partial charge in [-0.1, -0.05) is 60.2 Å². The number of aryl methyl sites for hydroxylation is 1. The summed E-state index contributed by atoms with van der Waals surface area (Å²) in [6.45, 7) is 2.32. The van der Waals surface area contributed by atoms with Crippen LogP contribution in [0.4, 0.5) is 0 Å². The van der Waals surface area contributed by atoms with Gasteiger partial charge in [-0.05, 0) is 12.5 Å². The zero-order valence-electron chi connectivity index (χ0n) is 15.4. The minimum atomic E-state index is -0.803. The zero-order chi connectivity index (χ0) is 19.5. The van der Waals surface area contributed by atoms with E-state index in [-0.39, 0.29) is 6.42 Å². The summed E-state index contributed by atoms with van der Waals surface area (Å²) in [5.41, 5.74) is 3.83. The van der Waals surface area contributed by atoms with Crippen LogP contribution in [-0.4, -0.2) is 29.6 Å². The smallest absolute Gasteiger partial charge is 0.347 e. The first-order chi connectivity index (χ1) is 13.6. The van der Waals surface area contributed by atoms with E-state index < -0.39 is 18.0 Å². The van der Waals surface area contributed by atoms with E-state index in [0.717, 1.165) is 26.6 Å². The largest absolute Gasteiger partial charge is 0.463 e. The lowest BCUT2D eigenvalue weighted by atomic mass is 10.1. The van der Waals surface area contributed by atoms with E-state index in [1.807, 2.05) is 61.5 Å². The van der Waals surface area contributed by atoms with Gasteiger partial charge in [0.15, 0.2) is 0 Å². The number of carbonyl (C=O) groups is 2. The minimum Gasteiger partial charge on any atom is -0.463 e. The van der Waals surface area contributed by atoms with Crippen LogP contribution in [-0.2, 0) is 25.5 Å². The normalized spacial score (nSPS) is 16.0. The highest BCUT2D eigenvalue weighted by Gasteiger charge is 2.30. The molecule has 4 rings (SSSR count). The number of carbonyl (C=O) groups excluding carboxylic acids is 2. The van der Waals surface area contributed by atoms with Crippen LogP contribution in [0.25, 0.3) is 21.0 Å². The number of ether oxygens (including phenoxy) is 2. The molecular formula is C22H19NO4S. The topological polar surface area (TPSA) is 65.5 Å². The van der Waals surface area contributed by atoms with Crippen molar-refractivity contribution >= 4 is 23.3 Å². The molecule has 28 heavy (non-hydrogen) atoms. The molecule has 2 aromatic carbocycles. The van der Waals surface area contributed by atoms with E-state index in [9.17, 15) is 9.59 Å². The van der Waals surface area contributed by atoms with Crippen LogP contribution in [0, 0.1) is 6.92 Å². The van der Waals surface area contributed by atoms with Gasteiger partial charge in [-0.15, -0.1) is 11.3 Å². The third-order valence-corrected chi connectivity index (χ3v) is 5.70. The number of nitrogens with zero attached hydrogens (tertiary/aromatic N) is 1. The minimum absolute atomic E-state index is 0.0102. The van der Waals surface area contributed by atoms with Gasteiger partial charge in [0.25, 0.3) is 0 Å². The molecule has 1 atom stereocenters. The van der Waals surface area contributed by atoms with Crippen LogP contribution in [0.15, 0.2) is 54.6 Å². The molecule has 0 unspecified atom stereocenters. The molecule has 0 spiro atoms. The standard InChI is InChI=1S/C22H19NO4S/c1-14-7-9-15(10-8-14)20-17(13-19(24)27-18-11-12-26-22(18)25)23-21(28-20)16-5-3-2-4-6-16/h2-10,18H,11-13H2,1H3/t18-/m1/s1. The molecule has 0 aliphatic carbocycles. The van der Waals surface area contributed by atoms with Crippen LogP contribution < -0.4 is 0 Å². The van der Waals surface area contributed by atoms with Gasteiger partial charge in [-0.3, -0.25) is 4.79 Å². The van der Waals surface area contributed by atoms with E-state index >= 15 is 0 Å². The third kappa shape index (κ3) is 3.97. The molecule has 2 heterocycles. The number of rotatable bonds is 5. The molecule has 1 aliphatic heterocycles. The Morgan fingerprint density at radius 2 is 1.89 bits per heavy atom. The van der Waals surface area contributed by atoms with Crippen molar-refractivity contribution in [3.05, 3.63) is 65.9 Å². The van der Waals surface area contributed by atoms with E-state index in [1.165, 1.54) is 0 Å². The van der Waals surface area contributed by atoms with Gasteiger partial charge in [-0.25, -0.2) is 9.78 Å². The van der Waals surface area contributed by atoms with Crippen molar-refractivity contribution in [1.82, 2.24) is 4.98 Å². The summed E-state index contributed by atoms with van der Waals surface area (Å²) in [4.78, 5) is 29.6. The maximum absolute atomic E-state index is 12.4. The van der Waals surface area contributed by atoms with Crippen molar-refractivity contribution in [1.29, 1.82) is 0 Å². The molecular weight excluding hydrogens is 374 g/mol. The molecule has 6 heteroatoms. The maximum Gasteiger partial charge on any atom is 0.347 e. The molecule has 1 saturated heterocycles. The second-order valence-electron chi connectivity index (χ2n) is 6.64. The summed E-state index contributed by atoms with van der Waals surface area (Å²) in [6, 6.07) is 18.0. The Morgan fingerprint density at radius 1 is 1.14 bits per heavy atom. The van der Waals surface area contributed by atoms with Gasteiger partial charge < -0.3 is 9.47 Å². The molecule has 0 saturated carbocycles. The number of thiazole rings is 1. The maximum atomic E-state index is 12.4. The molecule has 0 N–H and O–H groups in total. The third-order valence-electron chi connectivity index (χ3n) is 4.50. The van der Waals surface area contributed by atoms with Crippen LogP contribution in [0.2, 0.25) is 0 Å². The van der Waals surface area contributed by atoms with Gasteiger partial charge in [0.2, 0.25) is 6.10 Å². The van der Waals surface area contributed by atoms with Gasteiger partial charge in [0.05, 0.1) is 23.6 Å². The SMILES string of the molecule is Cc1ccc(-c2sc(-c3ccccc3)nc2CC(=O)O[C@@H]2CCOC2=O)cc1. The summed E-state index contributed by atoms with van der Waals surface area (Å²) < 4.78 is 10.2. The van der Waals surface area contributed by atoms with Crippen LogP contribution in [0.1, 0.15) is 17.7 Å². The van der Waals surface area contributed by atoms with Gasteiger partial charge >= 0.3 is 11.9 Å². The van der Waals surface area contributed by atoms with Crippen molar-refractivity contribution in [2.45, 2.75) is 25.9 Å². The fourth-order valence-electron chi connectivity index (χ4n) is 3.03. The Labute approximate surface area is 167 Å². The van der Waals surface area contributed by atoms with Crippen LogP contribution >= 0.6 is 11.3 Å². The molecule has 5 nitrogen and oxygen atoms in total. The molecule has 0 amide bonds. The van der Waals surface area contributed by atoms with Crippen molar-refractivity contribution in [2.24, 2.45) is 0 Å². The van der Waals surface area contributed by atoms with Crippen molar-refractivity contribution in [3.63, 3.8) is 0 Å². The number of cyclic esters (lactones) is 1. The summed E-state index contributed by atoms with van der Waals surface area (Å²) >= 11 is 1.55. The second-order valence-corrected chi connectivity index (χ2v) is 7.64. The number of aromatic nitrogens is 1. The number of esters is 2. The van der Waals surface area contributed by atoms with Gasteiger partial charge in [0.1, 0.15) is 5.01 Å². The Bertz CT molecular complexity index is 995. The van der Waals surface area contributed by atoms with Crippen molar-refractivity contribution < 1.29 is 19.1 Å². The molecule has 1 fully saturated rings. The van der Waals surface area contributed by atoms with Crippen molar-refractivity contribution in [3.8, 4) is 21.0 Å². The van der Waals surface area contributed by atoms with Gasteiger partial charge in [-0.2, -0.15) is 0 Å². The van der Waals surface area contributed by atoms with E-state index in [0.29, 0.717) is 18.7 Å². The molecule has 3 aromatic rings. The number of hydrogen-bond acceptors (Lipinski definition) is 6. The summed E-state index contributed by atoms with van der Waals surface area (Å²) in [5, 5.41) is 0.847. The molecule has 0 radical (unpaired) electrons. The molecule has 1 aliphatic rings. The molecule has 142 valence electrons. The lowest BCUT2D eigenvalue weighted by Gasteiger charge is -2.08. The summed E-state index contributed by atoms with van der Waals surface area (Å²) in [5.74, 6) is -0.947. The summed E-state index contributed by atoms with van der Waals surface area (Å²) in [7, 11) is 0. The zero-order valence-corrected chi connectivity index (χ0v) is 16.2. The average Bonchev–Trinajstić information content (AvgIpc) is 3.30. The van der Waals surface area contributed by atoms with Crippen LogP contribution in [0.5, 0.6) is 0 Å². The van der Waals surface area contributed by atoms with Gasteiger partial charge in [0, 0.05) is 12.0 Å². The fourth-order valence-corrected chi connectivity index (χ4v) is 4.12. The Hall–Kier alpha value is -2.99. The highest BCUT2D eigenvalue weighted by molar-refractivity contribution is 7.18. The first-order valence-corrected chi connectivity index (χ1v) is 9.90. The molecule has 1 aromatic heterocycles. The highest BCUT2D eigenvalue weighted by Crippen LogP contribution is 2.36. The lowest BCUT2D eigenvalue weighted by Crippen LogP contribution is -2.23. The fraction of sp³-hybridized carbons (Fsp3) is 0.227. The number of hydrogen-bond donors (Lipinski definition) is 0.